The first kappa shape index (κ1) is 21.8. The zero-order chi connectivity index (χ0) is 20.1. The molecule has 1 atom stereocenters. The molecule has 156 valence electrons. The number of guanidine groups is 1. The zero-order valence-electron chi connectivity index (χ0n) is 17.0. The number of amides is 1. The van der Waals surface area contributed by atoms with Crippen LogP contribution in [0.5, 0.6) is 0 Å². The second-order valence-corrected chi connectivity index (χ2v) is 10.6. The van der Waals surface area contributed by atoms with Crippen LogP contribution in [0.3, 0.4) is 0 Å². The van der Waals surface area contributed by atoms with E-state index in [1.165, 1.54) is 0 Å². The first-order valence-electron chi connectivity index (χ1n) is 9.81. The van der Waals surface area contributed by atoms with Gasteiger partial charge < -0.3 is 20.3 Å². The molecular weight excluding hydrogens is 368 g/mol. The van der Waals surface area contributed by atoms with Crippen LogP contribution < -0.4 is 10.6 Å². The third-order valence-electron chi connectivity index (χ3n) is 4.69. The molecule has 2 N–H and O–H groups in total. The van der Waals surface area contributed by atoms with Crippen molar-refractivity contribution >= 4 is 21.9 Å². The summed E-state index contributed by atoms with van der Waals surface area (Å²) in [5, 5.41) is 6.43. The standard InChI is InChI=1S/C18H34N4O4S/c1-5-19-16(21-15-8-11-27(24,25)13-15)20-12-14-6-9-22(10-7-14)17(23)26-18(2,3)4/h14-15H,5-13H2,1-4H3,(H2,19,20,21). The van der Waals surface area contributed by atoms with E-state index < -0.39 is 15.4 Å². The van der Waals surface area contributed by atoms with Gasteiger partial charge in [-0.25, -0.2) is 13.2 Å². The van der Waals surface area contributed by atoms with Gasteiger partial charge in [0.05, 0.1) is 11.5 Å². The van der Waals surface area contributed by atoms with E-state index in [4.69, 9.17) is 4.74 Å². The molecule has 9 heteroatoms. The second kappa shape index (κ2) is 9.12. The summed E-state index contributed by atoms with van der Waals surface area (Å²) in [6.07, 6.45) is 2.16. The van der Waals surface area contributed by atoms with Gasteiger partial charge in [-0.05, 0) is 52.9 Å². The van der Waals surface area contributed by atoms with Crippen LogP contribution in [0.1, 0.15) is 47.0 Å². The van der Waals surface area contributed by atoms with E-state index in [9.17, 15) is 13.2 Å². The number of carbonyl (C=O) groups excluding carboxylic acids is 1. The first-order valence-corrected chi connectivity index (χ1v) is 11.6. The highest BCUT2D eigenvalue weighted by atomic mass is 32.2. The summed E-state index contributed by atoms with van der Waals surface area (Å²) >= 11 is 0. The van der Waals surface area contributed by atoms with E-state index in [0.717, 1.165) is 19.4 Å². The summed E-state index contributed by atoms with van der Waals surface area (Å²) in [5.74, 6) is 1.50. The fraction of sp³-hybridized carbons (Fsp3) is 0.889. The Morgan fingerprint density at radius 2 is 1.89 bits per heavy atom. The lowest BCUT2D eigenvalue weighted by Crippen LogP contribution is -2.45. The minimum absolute atomic E-state index is 0.0678. The van der Waals surface area contributed by atoms with Gasteiger partial charge in [-0.15, -0.1) is 0 Å². The van der Waals surface area contributed by atoms with E-state index >= 15 is 0 Å². The van der Waals surface area contributed by atoms with Gasteiger partial charge in [0, 0.05) is 32.2 Å². The average Bonchev–Trinajstić information content (AvgIpc) is 2.90. The summed E-state index contributed by atoms with van der Waals surface area (Å²) in [6, 6.07) is -0.0678. The van der Waals surface area contributed by atoms with Crippen molar-refractivity contribution in [1.82, 2.24) is 15.5 Å². The highest BCUT2D eigenvalue weighted by Crippen LogP contribution is 2.20. The maximum Gasteiger partial charge on any atom is 0.410 e. The molecule has 2 aliphatic rings. The highest BCUT2D eigenvalue weighted by Gasteiger charge is 2.29. The number of piperidine rings is 1. The second-order valence-electron chi connectivity index (χ2n) is 8.37. The number of rotatable bonds is 4. The molecule has 2 rings (SSSR count). The number of carbonyl (C=O) groups is 1. The molecule has 2 fully saturated rings. The molecule has 1 unspecified atom stereocenters. The van der Waals surface area contributed by atoms with Crippen molar-refractivity contribution in [3.05, 3.63) is 0 Å². The van der Waals surface area contributed by atoms with Crippen molar-refractivity contribution in [1.29, 1.82) is 0 Å². The SMILES string of the molecule is CCNC(=NCC1CCN(C(=O)OC(C)(C)C)CC1)NC1CCS(=O)(=O)C1. The molecule has 2 heterocycles. The van der Waals surface area contributed by atoms with Gasteiger partial charge in [0.25, 0.3) is 0 Å². The maximum atomic E-state index is 12.1. The summed E-state index contributed by atoms with van der Waals surface area (Å²) in [5.41, 5.74) is -0.474. The van der Waals surface area contributed by atoms with Gasteiger partial charge >= 0.3 is 6.09 Å². The molecule has 0 aliphatic carbocycles. The number of likely N-dealkylation sites (tertiary alicyclic amines) is 1. The normalized spacial score (nSPS) is 23.9. The number of nitrogens with one attached hydrogen (secondary N) is 2. The van der Waals surface area contributed by atoms with Crippen molar-refractivity contribution in [2.45, 2.75) is 58.6 Å². The lowest BCUT2D eigenvalue weighted by molar-refractivity contribution is 0.0187. The molecule has 0 saturated carbocycles. The quantitative estimate of drug-likeness (QED) is 0.544. The molecule has 2 saturated heterocycles. The van der Waals surface area contributed by atoms with Gasteiger partial charge in [0.2, 0.25) is 0 Å². The number of ether oxygens (including phenoxy) is 1. The number of hydrogen-bond acceptors (Lipinski definition) is 5. The van der Waals surface area contributed by atoms with E-state index in [-0.39, 0.29) is 23.6 Å². The molecule has 2 aliphatic heterocycles. The van der Waals surface area contributed by atoms with E-state index in [2.05, 4.69) is 15.6 Å². The molecule has 8 nitrogen and oxygen atoms in total. The van der Waals surface area contributed by atoms with Gasteiger partial charge in [-0.2, -0.15) is 0 Å². The molecule has 0 aromatic rings. The Morgan fingerprint density at radius 1 is 1.22 bits per heavy atom. The predicted molar refractivity (Wildman–Crippen MR) is 107 cm³/mol. The van der Waals surface area contributed by atoms with Crippen molar-refractivity contribution in [2.75, 3.05) is 37.7 Å². The molecular formula is C18H34N4O4S. The highest BCUT2D eigenvalue weighted by molar-refractivity contribution is 7.91. The van der Waals surface area contributed by atoms with Gasteiger partial charge in [0.15, 0.2) is 15.8 Å². The fourth-order valence-corrected chi connectivity index (χ4v) is 4.94. The van der Waals surface area contributed by atoms with Crippen LogP contribution in [-0.4, -0.2) is 74.7 Å². The fourth-order valence-electron chi connectivity index (χ4n) is 3.27. The molecule has 0 aromatic carbocycles. The average molecular weight is 403 g/mol. The van der Waals surface area contributed by atoms with Crippen LogP contribution in [0.4, 0.5) is 4.79 Å². The summed E-state index contributed by atoms with van der Waals surface area (Å²) < 4.78 is 28.7. The molecule has 0 radical (unpaired) electrons. The molecule has 0 spiro atoms. The monoisotopic (exact) mass is 402 g/mol. The van der Waals surface area contributed by atoms with Crippen molar-refractivity contribution < 1.29 is 17.9 Å². The van der Waals surface area contributed by atoms with Gasteiger partial charge in [0.1, 0.15) is 5.60 Å². The minimum atomic E-state index is -2.91. The Balaban J connectivity index is 1.81. The molecule has 27 heavy (non-hydrogen) atoms. The summed E-state index contributed by atoms with van der Waals surface area (Å²) in [4.78, 5) is 18.5. The van der Waals surface area contributed by atoms with E-state index in [1.54, 1.807) is 4.90 Å². The molecule has 0 aromatic heterocycles. The Kier molecular flexibility index (Phi) is 7.36. The lowest BCUT2D eigenvalue weighted by atomic mass is 9.97. The van der Waals surface area contributed by atoms with Crippen molar-refractivity contribution in [3.8, 4) is 0 Å². The first-order chi connectivity index (χ1) is 12.6. The minimum Gasteiger partial charge on any atom is -0.444 e. The maximum absolute atomic E-state index is 12.1. The van der Waals surface area contributed by atoms with Crippen LogP contribution in [0.15, 0.2) is 4.99 Å². The van der Waals surface area contributed by atoms with Gasteiger partial charge in [-0.1, -0.05) is 0 Å². The van der Waals surface area contributed by atoms with Crippen LogP contribution in [0, 0.1) is 5.92 Å². The Morgan fingerprint density at radius 3 is 2.41 bits per heavy atom. The van der Waals surface area contributed by atoms with Crippen LogP contribution in [0.25, 0.3) is 0 Å². The number of aliphatic imine (C=N–C) groups is 1. The van der Waals surface area contributed by atoms with Crippen molar-refractivity contribution in [2.24, 2.45) is 10.9 Å². The van der Waals surface area contributed by atoms with Crippen molar-refractivity contribution in [3.63, 3.8) is 0 Å². The van der Waals surface area contributed by atoms with E-state index in [0.29, 0.717) is 37.9 Å². The third kappa shape index (κ3) is 7.56. The third-order valence-corrected chi connectivity index (χ3v) is 6.46. The molecule has 1 amide bonds. The van der Waals surface area contributed by atoms with Gasteiger partial charge in [-0.3, -0.25) is 4.99 Å². The van der Waals surface area contributed by atoms with E-state index in [1.807, 2.05) is 27.7 Å². The topological polar surface area (TPSA) is 100 Å². The Labute approximate surface area is 163 Å². The Hall–Kier alpha value is -1.51. The summed E-state index contributed by atoms with van der Waals surface area (Å²) in [7, 11) is -2.91. The van der Waals surface area contributed by atoms with Crippen LogP contribution in [0.2, 0.25) is 0 Å². The Bertz CT molecular complexity index is 634. The van der Waals surface area contributed by atoms with Crippen LogP contribution in [-0.2, 0) is 14.6 Å². The smallest absolute Gasteiger partial charge is 0.410 e. The van der Waals surface area contributed by atoms with Crippen LogP contribution >= 0.6 is 0 Å². The largest absolute Gasteiger partial charge is 0.444 e. The predicted octanol–water partition coefficient (Wildman–Crippen LogP) is 1.38. The lowest BCUT2D eigenvalue weighted by Gasteiger charge is -2.33. The number of hydrogen-bond donors (Lipinski definition) is 2. The number of nitrogens with zero attached hydrogens (tertiary/aromatic N) is 2. The zero-order valence-corrected chi connectivity index (χ0v) is 17.8. The summed E-state index contributed by atoms with van der Waals surface area (Å²) in [6.45, 7) is 10.4. The molecule has 0 bridgehead atoms. The number of sulfone groups is 1.